The van der Waals surface area contributed by atoms with Gasteiger partial charge in [0.1, 0.15) is 0 Å². The highest BCUT2D eigenvalue weighted by atomic mass is 16.5. The Hall–Kier alpha value is -1.06. The molecule has 130 valence electrons. The van der Waals surface area contributed by atoms with E-state index in [0.29, 0.717) is 0 Å². The maximum atomic E-state index is 12.0. The SMILES string of the molecule is CCCCCCC(C)(CCCCCC)NC(=O)COC(C)=O. The van der Waals surface area contributed by atoms with Crippen LogP contribution in [-0.2, 0) is 14.3 Å². The van der Waals surface area contributed by atoms with E-state index in [4.69, 9.17) is 4.74 Å². The van der Waals surface area contributed by atoms with Crippen LogP contribution in [0.2, 0.25) is 0 Å². The summed E-state index contributed by atoms with van der Waals surface area (Å²) >= 11 is 0. The number of amides is 1. The van der Waals surface area contributed by atoms with Gasteiger partial charge in [0.25, 0.3) is 5.91 Å². The van der Waals surface area contributed by atoms with Crippen LogP contribution in [0.1, 0.15) is 91.9 Å². The van der Waals surface area contributed by atoms with Crippen LogP contribution in [0.5, 0.6) is 0 Å². The number of hydrogen-bond donors (Lipinski definition) is 1. The van der Waals surface area contributed by atoms with Gasteiger partial charge in [0, 0.05) is 12.5 Å². The summed E-state index contributed by atoms with van der Waals surface area (Å²) in [6, 6.07) is 0. The summed E-state index contributed by atoms with van der Waals surface area (Å²) < 4.78 is 4.78. The molecular weight excluding hydrogens is 278 g/mol. The molecule has 0 aliphatic rings. The molecule has 0 aromatic heterocycles. The molecule has 0 aromatic carbocycles. The smallest absolute Gasteiger partial charge is 0.303 e. The molecule has 0 saturated carbocycles. The van der Waals surface area contributed by atoms with Crippen LogP contribution in [0, 0.1) is 0 Å². The van der Waals surface area contributed by atoms with E-state index in [0.717, 1.165) is 25.7 Å². The number of unbranched alkanes of at least 4 members (excludes halogenated alkanes) is 6. The highest BCUT2D eigenvalue weighted by molar-refractivity contribution is 5.80. The zero-order valence-electron chi connectivity index (χ0n) is 15.0. The molecule has 0 atom stereocenters. The van der Waals surface area contributed by atoms with Crippen molar-refractivity contribution in [3.8, 4) is 0 Å². The average molecular weight is 313 g/mol. The number of ether oxygens (including phenoxy) is 1. The van der Waals surface area contributed by atoms with E-state index in [9.17, 15) is 9.59 Å². The first-order valence-corrected chi connectivity index (χ1v) is 8.88. The molecule has 0 unspecified atom stereocenters. The van der Waals surface area contributed by atoms with Gasteiger partial charge in [-0.15, -0.1) is 0 Å². The minimum Gasteiger partial charge on any atom is -0.456 e. The van der Waals surface area contributed by atoms with Crippen LogP contribution in [0.15, 0.2) is 0 Å². The first-order chi connectivity index (χ1) is 10.4. The molecule has 4 nitrogen and oxygen atoms in total. The van der Waals surface area contributed by atoms with Crippen molar-refractivity contribution in [2.24, 2.45) is 0 Å². The molecule has 0 spiro atoms. The Morgan fingerprint density at radius 2 is 1.41 bits per heavy atom. The molecular formula is C18H35NO3. The van der Waals surface area contributed by atoms with Crippen molar-refractivity contribution in [3.63, 3.8) is 0 Å². The molecule has 0 saturated heterocycles. The molecule has 0 aliphatic carbocycles. The summed E-state index contributed by atoms with van der Waals surface area (Å²) in [5, 5.41) is 3.09. The standard InChI is InChI=1S/C18H35NO3/c1-5-7-9-11-13-18(4,14-12-10-8-6-2)19-17(21)15-22-16(3)20/h5-15H2,1-4H3,(H,19,21). The maximum Gasteiger partial charge on any atom is 0.303 e. The van der Waals surface area contributed by atoms with Crippen LogP contribution >= 0.6 is 0 Å². The van der Waals surface area contributed by atoms with E-state index in [1.165, 1.54) is 45.4 Å². The third-order valence-corrected chi connectivity index (χ3v) is 4.01. The van der Waals surface area contributed by atoms with E-state index in [-0.39, 0.29) is 18.1 Å². The Morgan fingerprint density at radius 3 is 1.82 bits per heavy atom. The summed E-state index contributed by atoms with van der Waals surface area (Å²) in [6.07, 6.45) is 11.6. The van der Waals surface area contributed by atoms with E-state index in [2.05, 4.69) is 26.1 Å². The fraction of sp³-hybridized carbons (Fsp3) is 0.889. The molecule has 1 N–H and O–H groups in total. The minimum absolute atomic E-state index is 0.172. The molecule has 0 fully saturated rings. The van der Waals surface area contributed by atoms with Crippen LogP contribution < -0.4 is 5.32 Å². The van der Waals surface area contributed by atoms with Gasteiger partial charge in [-0.05, 0) is 19.8 Å². The molecule has 22 heavy (non-hydrogen) atoms. The second-order valence-corrected chi connectivity index (χ2v) is 6.51. The molecule has 0 rings (SSSR count). The Kier molecular flexibility index (Phi) is 11.9. The molecule has 4 heteroatoms. The Balaban J connectivity index is 4.34. The number of nitrogens with one attached hydrogen (secondary N) is 1. The van der Waals surface area contributed by atoms with Crippen molar-refractivity contribution in [1.29, 1.82) is 0 Å². The summed E-state index contributed by atoms with van der Waals surface area (Å²) in [6.45, 7) is 7.67. The average Bonchev–Trinajstić information content (AvgIpc) is 2.46. The van der Waals surface area contributed by atoms with Gasteiger partial charge in [-0.25, -0.2) is 0 Å². The van der Waals surface area contributed by atoms with Crippen LogP contribution in [-0.4, -0.2) is 24.0 Å². The third kappa shape index (κ3) is 11.6. The Bertz CT molecular complexity index is 303. The fourth-order valence-electron chi connectivity index (χ4n) is 2.67. The van der Waals surface area contributed by atoms with Crippen LogP contribution in [0.25, 0.3) is 0 Å². The minimum atomic E-state index is -0.414. The fourth-order valence-corrected chi connectivity index (χ4v) is 2.67. The topological polar surface area (TPSA) is 55.4 Å². The second-order valence-electron chi connectivity index (χ2n) is 6.51. The summed E-state index contributed by atoms with van der Waals surface area (Å²) in [4.78, 5) is 22.8. The maximum absolute atomic E-state index is 12.0. The van der Waals surface area contributed by atoms with Gasteiger partial charge in [-0.2, -0.15) is 0 Å². The lowest BCUT2D eigenvalue weighted by Gasteiger charge is -2.31. The van der Waals surface area contributed by atoms with Crippen molar-refractivity contribution in [1.82, 2.24) is 5.32 Å². The number of esters is 1. The molecule has 0 aliphatic heterocycles. The predicted octanol–water partition coefficient (Wildman–Crippen LogP) is 4.37. The molecule has 0 radical (unpaired) electrons. The summed E-state index contributed by atoms with van der Waals surface area (Å²) in [5.41, 5.74) is -0.182. The van der Waals surface area contributed by atoms with E-state index in [1.807, 2.05) is 0 Å². The van der Waals surface area contributed by atoms with E-state index < -0.39 is 5.97 Å². The van der Waals surface area contributed by atoms with Crippen LogP contribution in [0.3, 0.4) is 0 Å². The zero-order valence-corrected chi connectivity index (χ0v) is 15.0. The lowest BCUT2D eigenvalue weighted by Crippen LogP contribution is -2.47. The van der Waals surface area contributed by atoms with Gasteiger partial charge >= 0.3 is 5.97 Å². The van der Waals surface area contributed by atoms with Gasteiger partial charge < -0.3 is 10.1 Å². The largest absolute Gasteiger partial charge is 0.456 e. The normalized spacial score (nSPS) is 11.3. The van der Waals surface area contributed by atoms with Crippen molar-refractivity contribution in [2.75, 3.05) is 6.61 Å². The van der Waals surface area contributed by atoms with Gasteiger partial charge in [-0.3, -0.25) is 9.59 Å². The van der Waals surface area contributed by atoms with Crippen molar-refractivity contribution in [3.05, 3.63) is 0 Å². The quantitative estimate of drug-likeness (QED) is 0.406. The molecule has 0 aromatic rings. The first-order valence-electron chi connectivity index (χ1n) is 8.88. The molecule has 0 heterocycles. The highest BCUT2D eigenvalue weighted by Gasteiger charge is 2.25. The summed E-state index contributed by atoms with van der Waals surface area (Å²) in [5.74, 6) is -0.605. The van der Waals surface area contributed by atoms with Gasteiger partial charge in [0.2, 0.25) is 0 Å². The summed E-state index contributed by atoms with van der Waals surface area (Å²) in [7, 11) is 0. The van der Waals surface area contributed by atoms with Crippen molar-refractivity contribution >= 4 is 11.9 Å². The second kappa shape index (κ2) is 12.5. The zero-order chi connectivity index (χ0) is 16.8. The monoisotopic (exact) mass is 313 g/mol. The number of carbonyl (C=O) groups excluding carboxylic acids is 2. The van der Waals surface area contributed by atoms with Gasteiger partial charge in [0.05, 0.1) is 0 Å². The van der Waals surface area contributed by atoms with Crippen molar-refractivity contribution in [2.45, 2.75) is 97.4 Å². The Morgan fingerprint density at radius 1 is 0.909 bits per heavy atom. The number of hydrogen-bond acceptors (Lipinski definition) is 3. The van der Waals surface area contributed by atoms with Gasteiger partial charge in [-0.1, -0.05) is 65.2 Å². The number of carbonyl (C=O) groups is 2. The van der Waals surface area contributed by atoms with E-state index >= 15 is 0 Å². The third-order valence-electron chi connectivity index (χ3n) is 4.01. The van der Waals surface area contributed by atoms with Gasteiger partial charge in [0.15, 0.2) is 6.61 Å². The predicted molar refractivity (Wildman–Crippen MR) is 90.7 cm³/mol. The van der Waals surface area contributed by atoms with Crippen LogP contribution in [0.4, 0.5) is 0 Å². The lowest BCUT2D eigenvalue weighted by atomic mass is 9.88. The lowest BCUT2D eigenvalue weighted by molar-refractivity contribution is -0.147. The molecule has 0 bridgehead atoms. The van der Waals surface area contributed by atoms with Crippen molar-refractivity contribution < 1.29 is 14.3 Å². The Labute approximate surface area is 136 Å². The first kappa shape index (κ1) is 20.9. The number of rotatable bonds is 13. The molecule has 1 amide bonds. The highest BCUT2D eigenvalue weighted by Crippen LogP contribution is 2.22. The van der Waals surface area contributed by atoms with E-state index in [1.54, 1.807) is 0 Å².